The molecule has 0 fully saturated rings. The number of aromatic nitrogens is 1. The summed E-state index contributed by atoms with van der Waals surface area (Å²) in [5.74, 6) is 1.12. The molecule has 0 spiro atoms. The Balaban J connectivity index is 1.68. The molecule has 0 atom stereocenters. The second-order valence-electron chi connectivity index (χ2n) is 6.16. The van der Waals surface area contributed by atoms with E-state index in [1.165, 1.54) is 0 Å². The molecule has 1 aliphatic heterocycles. The molecule has 1 aliphatic rings. The van der Waals surface area contributed by atoms with Crippen LogP contribution in [0.15, 0.2) is 22.7 Å². The largest absolute Gasteiger partial charge is 0.488 e. The second-order valence-corrected chi connectivity index (χ2v) is 6.16. The van der Waals surface area contributed by atoms with E-state index in [1.54, 1.807) is 0 Å². The molecular weight excluding hydrogens is 308 g/mol. The van der Waals surface area contributed by atoms with Gasteiger partial charge in [0.15, 0.2) is 11.5 Å². The van der Waals surface area contributed by atoms with Crippen molar-refractivity contribution in [3.63, 3.8) is 0 Å². The number of nitrogens with one attached hydrogen (secondary N) is 1. The standard InChI is InChI=1S/C18H22N2O4/c1-11(2)22-8-4-7-19-18(21)16-14-10-23-15-6-5-12(3)9-13(15)17(14)24-20-16/h5-6,9,11H,4,7-8,10H2,1-3H3,(H,19,21). The fourth-order valence-corrected chi connectivity index (χ4v) is 2.61. The zero-order valence-electron chi connectivity index (χ0n) is 14.2. The Labute approximate surface area is 141 Å². The van der Waals surface area contributed by atoms with E-state index in [0.717, 1.165) is 23.3 Å². The Hall–Kier alpha value is -2.34. The first-order valence-corrected chi connectivity index (χ1v) is 8.18. The highest BCUT2D eigenvalue weighted by molar-refractivity contribution is 5.95. The van der Waals surface area contributed by atoms with Crippen LogP contribution in [0, 0.1) is 6.92 Å². The number of rotatable bonds is 6. The van der Waals surface area contributed by atoms with E-state index in [4.69, 9.17) is 14.0 Å². The third-order valence-electron chi connectivity index (χ3n) is 3.81. The average Bonchev–Trinajstić information content (AvgIpc) is 2.98. The van der Waals surface area contributed by atoms with E-state index in [2.05, 4.69) is 10.5 Å². The van der Waals surface area contributed by atoms with E-state index >= 15 is 0 Å². The summed E-state index contributed by atoms with van der Waals surface area (Å²) >= 11 is 0. The van der Waals surface area contributed by atoms with Gasteiger partial charge < -0.3 is 19.3 Å². The van der Waals surface area contributed by atoms with Gasteiger partial charge in [0.1, 0.15) is 12.4 Å². The van der Waals surface area contributed by atoms with Crippen molar-refractivity contribution >= 4 is 5.91 Å². The quantitative estimate of drug-likeness (QED) is 0.824. The summed E-state index contributed by atoms with van der Waals surface area (Å²) in [4.78, 5) is 12.3. The number of fused-ring (bicyclic) bond motifs is 3. The molecule has 6 nitrogen and oxygen atoms in total. The fourth-order valence-electron chi connectivity index (χ4n) is 2.61. The molecule has 0 unspecified atom stereocenters. The van der Waals surface area contributed by atoms with Crippen molar-refractivity contribution in [2.24, 2.45) is 0 Å². The number of nitrogens with zero attached hydrogens (tertiary/aromatic N) is 1. The molecule has 1 aromatic carbocycles. The molecule has 0 radical (unpaired) electrons. The highest BCUT2D eigenvalue weighted by atomic mass is 16.5. The predicted octanol–water partition coefficient (Wildman–Crippen LogP) is 3.09. The van der Waals surface area contributed by atoms with E-state index in [0.29, 0.717) is 30.2 Å². The SMILES string of the molecule is Cc1ccc2c(c1)-c1onc(C(=O)NCCCOC(C)C)c1CO2. The number of carbonyl (C=O) groups is 1. The average molecular weight is 330 g/mol. The maximum absolute atomic E-state index is 12.3. The molecule has 0 aliphatic carbocycles. The van der Waals surface area contributed by atoms with Gasteiger partial charge in [-0.1, -0.05) is 16.8 Å². The Morgan fingerprint density at radius 3 is 3.04 bits per heavy atom. The lowest BCUT2D eigenvalue weighted by molar-refractivity contribution is 0.0756. The summed E-state index contributed by atoms with van der Waals surface area (Å²) in [6.07, 6.45) is 0.951. The molecule has 2 aromatic rings. The Kier molecular flexibility index (Phi) is 4.85. The van der Waals surface area contributed by atoms with Gasteiger partial charge in [0.25, 0.3) is 5.91 Å². The monoisotopic (exact) mass is 330 g/mol. The molecule has 1 N–H and O–H groups in total. The van der Waals surface area contributed by atoms with Crippen LogP contribution in [0.1, 0.15) is 41.9 Å². The minimum absolute atomic E-state index is 0.198. The number of ether oxygens (including phenoxy) is 2. The van der Waals surface area contributed by atoms with Crippen LogP contribution in [-0.2, 0) is 11.3 Å². The molecule has 2 heterocycles. The third-order valence-corrected chi connectivity index (χ3v) is 3.81. The Morgan fingerprint density at radius 2 is 2.25 bits per heavy atom. The number of hydrogen-bond acceptors (Lipinski definition) is 5. The lowest BCUT2D eigenvalue weighted by atomic mass is 10.0. The summed E-state index contributed by atoms with van der Waals surface area (Å²) in [7, 11) is 0. The first-order valence-electron chi connectivity index (χ1n) is 8.18. The third kappa shape index (κ3) is 3.43. The molecule has 0 bridgehead atoms. The smallest absolute Gasteiger partial charge is 0.273 e. The van der Waals surface area contributed by atoms with Crippen LogP contribution in [-0.4, -0.2) is 30.3 Å². The normalized spacial score (nSPS) is 12.5. The number of hydrogen-bond donors (Lipinski definition) is 1. The van der Waals surface area contributed by atoms with Gasteiger partial charge in [0.2, 0.25) is 0 Å². The molecule has 3 rings (SSSR count). The minimum atomic E-state index is -0.246. The Bertz CT molecular complexity index is 737. The van der Waals surface area contributed by atoms with Crippen LogP contribution < -0.4 is 10.1 Å². The van der Waals surface area contributed by atoms with Crippen LogP contribution in [0.3, 0.4) is 0 Å². The van der Waals surface area contributed by atoms with Crippen LogP contribution in [0.5, 0.6) is 5.75 Å². The summed E-state index contributed by atoms with van der Waals surface area (Å²) in [5, 5.41) is 6.80. The lowest BCUT2D eigenvalue weighted by Crippen LogP contribution is -2.27. The topological polar surface area (TPSA) is 73.6 Å². The molecule has 6 heteroatoms. The Morgan fingerprint density at radius 1 is 1.42 bits per heavy atom. The van der Waals surface area contributed by atoms with Crippen molar-refractivity contribution in [3.8, 4) is 17.1 Å². The number of benzene rings is 1. The molecule has 0 saturated heterocycles. The molecule has 24 heavy (non-hydrogen) atoms. The van der Waals surface area contributed by atoms with Gasteiger partial charge in [0, 0.05) is 13.2 Å². The molecule has 1 amide bonds. The fraction of sp³-hybridized carbons (Fsp3) is 0.444. The number of carbonyl (C=O) groups excluding carboxylic acids is 1. The zero-order chi connectivity index (χ0) is 17.1. The van der Waals surface area contributed by atoms with Gasteiger partial charge in [-0.3, -0.25) is 4.79 Å². The van der Waals surface area contributed by atoms with Gasteiger partial charge in [-0.25, -0.2) is 0 Å². The van der Waals surface area contributed by atoms with Crippen molar-refractivity contribution in [3.05, 3.63) is 35.0 Å². The summed E-state index contributed by atoms with van der Waals surface area (Å²) in [6, 6.07) is 5.86. The lowest BCUT2D eigenvalue weighted by Gasteiger charge is -2.16. The van der Waals surface area contributed by atoms with Crippen molar-refractivity contribution in [1.29, 1.82) is 0 Å². The molecule has 128 valence electrons. The van der Waals surface area contributed by atoms with E-state index < -0.39 is 0 Å². The zero-order valence-corrected chi connectivity index (χ0v) is 14.2. The maximum Gasteiger partial charge on any atom is 0.273 e. The highest BCUT2D eigenvalue weighted by Crippen LogP contribution is 2.39. The summed E-state index contributed by atoms with van der Waals surface area (Å²) < 4.78 is 16.6. The molecular formula is C18H22N2O4. The summed E-state index contributed by atoms with van der Waals surface area (Å²) in [6.45, 7) is 7.40. The van der Waals surface area contributed by atoms with E-state index in [1.807, 2.05) is 39.0 Å². The highest BCUT2D eigenvalue weighted by Gasteiger charge is 2.28. The van der Waals surface area contributed by atoms with Gasteiger partial charge in [-0.15, -0.1) is 0 Å². The van der Waals surface area contributed by atoms with Gasteiger partial charge >= 0.3 is 0 Å². The van der Waals surface area contributed by atoms with Crippen LogP contribution in [0.4, 0.5) is 0 Å². The van der Waals surface area contributed by atoms with Crippen molar-refractivity contribution in [1.82, 2.24) is 10.5 Å². The summed E-state index contributed by atoms with van der Waals surface area (Å²) in [5.41, 5.74) is 2.93. The number of amides is 1. The van der Waals surface area contributed by atoms with E-state index in [9.17, 15) is 4.79 Å². The second kappa shape index (κ2) is 7.05. The number of aryl methyl sites for hydroxylation is 1. The minimum Gasteiger partial charge on any atom is -0.488 e. The van der Waals surface area contributed by atoms with Gasteiger partial charge in [-0.2, -0.15) is 0 Å². The van der Waals surface area contributed by atoms with Gasteiger partial charge in [0.05, 0.1) is 17.2 Å². The van der Waals surface area contributed by atoms with Gasteiger partial charge in [-0.05, 0) is 39.3 Å². The van der Waals surface area contributed by atoms with Crippen LogP contribution >= 0.6 is 0 Å². The van der Waals surface area contributed by atoms with Crippen molar-refractivity contribution in [2.45, 2.75) is 39.9 Å². The molecule has 0 saturated carbocycles. The van der Waals surface area contributed by atoms with Crippen molar-refractivity contribution in [2.75, 3.05) is 13.2 Å². The molecule has 1 aromatic heterocycles. The van der Waals surface area contributed by atoms with E-state index in [-0.39, 0.29) is 18.6 Å². The maximum atomic E-state index is 12.3. The van der Waals surface area contributed by atoms with Crippen LogP contribution in [0.2, 0.25) is 0 Å². The predicted molar refractivity (Wildman–Crippen MR) is 89.0 cm³/mol. The van der Waals surface area contributed by atoms with Crippen molar-refractivity contribution < 1.29 is 18.8 Å². The van der Waals surface area contributed by atoms with Crippen LogP contribution in [0.25, 0.3) is 11.3 Å². The first kappa shape index (κ1) is 16.5. The first-order chi connectivity index (χ1) is 11.6.